The molecule has 142 valence electrons. The summed E-state index contributed by atoms with van der Waals surface area (Å²) in [7, 11) is 0. The van der Waals surface area contributed by atoms with Crippen LogP contribution in [0.1, 0.15) is 50.7 Å². The van der Waals surface area contributed by atoms with E-state index >= 15 is 0 Å². The Labute approximate surface area is 164 Å². The van der Waals surface area contributed by atoms with Crippen molar-refractivity contribution in [1.29, 1.82) is 0 Å². The van der Waals surface area contributed by atoms with Crippen molar-refractivity contribution in [2.24, 2.45) is 5.92 Å². The second kappa shape index (κ2) is 10.2. The molecule has 1 heteroatoms. The average Bonchev–Trinajstić information content (AvgIpc) is 2.71. The van der Waals surface area contributed by atoms with Gasteiger partial charge in [0.15, 0.2) is 0 Å². The first-order valence-corrected chi connectivity index (χ1v) is 10.4. The molecule has 1 aliphatic carbocycles. The summed E-state index contributed by atoms with van der Waals surface area (Å²) < 4.78 is 5.79. The van der Waals surface area contributed by atoms with Gasteiger partial charge in [-0.25, -0.2) is 0 Å². The molecule has 2 aromatic carbocycles. The van der Waals surface area contributed by atoms with Gasteiger partial charge >= 0.3 is 0 Å². The summed E-state index contributed by atoms with van der Waals surface area (Å²) in [4.78, 5) is 0. The van der Waals surface area contributed by atoms with Gasteiger partial charge in [0.1, 0.15) is 5.75 Å². The number of aryl methyl sites for hydroxylation is 1. The van der Waals surface area contributed by atoms with Gasteiger partial charge in [-0.05, 0) is 92.7 Å². The molecule has 0 aliphatic heterocycles. The second-order valence-electron chi connectivity index (χ2n) is 7.47. The van der Waals surface area contributed by atoms with E-state index in [0.29, 0.717) is 0 Å². The monoisotopic (exact) mass is 360 g/mol. The molecule has 0 spiro atoms. The van der Waals surface area contributed by atoms with Gasteiger partial charge in [-0.15, -0.1) is 0 Å². The highest BCUT2D eigenvalue weighted by Crippen LogP contribution is 2.32. The first-order valence-electron chi connectivity index (χ1n) is 10.4. The fourth-order valence-electron chi connectivity index (χ4n) is 3.91. The summed E-state index contributed by atoms with van der Waals surface area (Å²) in [5, 5.41) is 0. The maximum atomic E-state index is 5.79. The van der Waals surface area contributed by atoms with Gasteiger partial charge in [0, 0.05) is 0 Å². The second-order valence-corrected chi connectivity index (χ2v) is 7.47. The van der Waals surface area contributed by atoms with E-state index in [4.69, 9.17) is 4.74 Å². The highest BCUT2D eigenvalue weighted by atomic mass is 16.5. The molecule has 0 heterocycles. The molecule has 0 saturated carbocycles. The molecular weight excluding hydrogens is 328 g/mol. The lowest BCUT2D eigenvalue weighted by molar-refractivity contribution is 0.325. The lowest BCUT2D eigenvalue weighted by Crippen LogP contribution is -2.14. The average molecular weight is 361 g/mol. The van der Waals surface area contributed by atoms with Crippen LogP contribution in [0.5, 0.6) is 5.75 Å². The van der Waals surface area contributed by atoms with E-state index in [1.165, 1.54) is 43.2 Å². The summed E-state index contributed by atoms with van der Waals surface area (Å²) in [5.41, 5.74) is 5.69. The Morgan fingerprint density at radius 1 is 0.889 bits per heavy atom. The van der Waals surface area contributed by atoms with Gasteiger partial charge in [0.25, 0.3) is 0 Å². The standard InChI is InChI=1S/C26H32O/c1-3-5-7-9-21-10-11-25-20-24(13-12-23(25)19-21)22-14-16-26(17-15-22)27-18-8-6-4-2/h3-6,12-17,20-21H,7-11,18-19H2,1-2H3/b5-3+,6-4+. The lowest BCUT2D eigenvalue weighted by Gasteiger charge is -2.25. The maximum Gasteiger partial charge on any atom is 0.119 e. The summed E-state index contributed by atoms with van der Waals surface area (Å²) in [6.45, 7) is 4.88. The van der Waals surface area contributed by atoms with Crippen molar-refractivity contribution < 1.29 is 4.74 Å². The van der Waals surface area contributed by atoms with Crippen molar-refractivity contribution in [2.75, 3.05) is 6.61 Å². The molecule has 27 heavy (non-hydrogen) atoms. The van der Waals surface area contributed by atoms with Gasteiger partial charge in [0.05, 0.1) is 6.61 Å². The van der Waals surface area contributed by atoms with Crippen molar-refractivity contribution in [1.82, 2.24) is 0 Å². The number of rotatable bonds is 8. The van der Waals surface area contributed by atoms with Crippen molar-refractivity contribution >= 4 is 0 Å². The fourth-order valence-corrected chi connectivity index (χ4v) is 3.91. The van der Waals surface area contributed by atoms with Crippen LogP contribution in [0.2, 0.25) is 0 Å². The Hall–Kier alpha value is -2.28. The third-order valence-electron chi connectivity index (χ3n) is 5.49. The van der Waals surface area contributed by atoms with Crippen molar-refractivity contribution in [3.63, 3.8) is 0 Å². The number of allylic oxidation sites excluding steroid dienone is 3. The molecule has 0 fully saturated rings. The quantitative estimate of drug-likeness (QED) is 0.358. The van der Waals surface area contributed by atoms with Crippen LogP contribution < -0.4 is 4.74 Å². The molecule has 0 aromatic heterocycles. The zero-order chi connectivity index (χ0) is 18.9. The van der Waals surface area contributed by atoms with Gasteiger partial charge in [-0.3, -0.25) is 0 Å². The van der Waals surface area contributed by atoms with E-state index in [0.717, 1.165) is 24.7 Å². The Morgan fingerprint density at radius 2 is 1.63 bits per heavy atom. The van der Waals surface area contributed by atoms with E-state index in [-0.39, 0.29) is 0 Å². The molecule has 1 unspecified atom stereocenters. The summed E-state index contributed by atoms with van der Waals surface area (Å²) in [6, 6.07) is 15.6. The SMILES string of the molecule is C/C=C/CCOc1ccc(-c2ccc3c(c2)CCC(CC/C=C/C)C3)cc1. The lowest BCUT2D eigenvalue weighted by atomic mass is 9.80. The van der Waals surface area contributed by atoms with Crippen molar-refractivity contribution in [2.45, 2.75) is 52.4 Å². The van der Waals surface area contributed by atoms with Crippen LogP contribution in [0.4, 0.5) is 0 Å². The highest BCUT2D eigenvalue weighted by Gasteiger charge is 2.18. The summed E-state index contributed by atoms with van der Waals surface area (Å²) in [6.07, 6.45) is 15.9. The number of fused-ring (bicyclic) bond motifs is 1. The molecule has 2 aromatic rings. The molecular formula is C26H32O. The Kier molecular flexibility index (Phi) is 7.33. The molecule has 0 radical (unpaired) electrons. The van der Waals surface area contributed by atoms with Crippen LogP contribution in [0.3, 0.4) is 0 Å². The zero-order valence-electron chi connectivity index (χ0n) is 16.8. The van der Waals surface area contributed by atoms with E-state index in [1.54, 1.807) is 11.1 Å². The Bertz CT molecular complexity index is 767. The predicted octanol–water partition coefficient (Wildman–Crippen LogP) is 7.16. The molecule has 3 rings (SSSR count). The smallest absolute Gasteiger partial charge is 0.119 e. The summed E-state index contributed by atoms with van der Waals surface area (Å²) >= 11 is 0. The third-order valence-corrected chi connectivity index (χ3v) is 5.49. The number of hydrogen-bond acceptors (Lipinski definition) is 1. The van der Waals surface area contributed by atoms with Crippen LogP contribution in [-0.4, -0.2) is 6.61 Å². The van der Waals surface area contributed by atoms with Gasteiger partial charge < -0.3 is 4.74 Å². The largest absolute Gasteiger partial charge is 0.493 e. The van der Waals surface area contributed by atoms with E-state index < -0.39 is 0 Å². The van der Waals surface area contributed by atoms with Crippen LogP contribution >= 0.6 is 0 Å². The van der Waals surface area contributed by atoms with Gasteiger partial charge in [0.2, 0.25) is 0 Å². The molecule has 0 saturated heterocycles. The predicted molar refractivity (Wildman–Crippen MR) is 116 cm³/mol. The van der Waals surface area contributed by atoms with Crippen molar-refractivity contribution in [3.05, 3.63) is 77.9 Å². The first kappa shape index (κ1) is 19.5. The number of ether oxygens (including phenoxy) is 1. The Morgan fingerprint density at radius 3 is 2.41 bits per heavy atom. The van der Waals surface area contributed by atoms with Crippen LogP contribution in [-0.2, 0) is 12.8 Å². The zero-order valence-corrected chi connectivity index (χ0v) is 16.8. The van der Waals surface area contributed by atoms with Gasteiger partial charge in [-0.2, -0.15) is 0 Å². The minimum Gasteiger partial charge on any atom is -0.493 e. The minimum absolute atomic E-state index is 0.734. The van der Waals surface area contributed by atoms with Crippen molar-refractivity contribution in [3.8, 4) is 16.9 Å². The third kappa shape index (κ3) is 5.60. The first-order chi connectivity index (χ1) is 13.3. The molecule has 1 nitrogen and oxygen atoms in total. The highest BCUT2D eigenvalue weighted by molar-refractivity contribution is 5.66. The molecule has 0 bridgehead atoms. The maximum absolute atomic E-state index is 5.79. The molecule has 0 amide bonds. The minimum atomic E-state index is 0.734. The van der Waals surface area contributed by atoms with Crippen LogP contribution in [0.15, 0.2) is 66.8 Å². The molecule has 1 aliphatic rings. The van der Waals surface area contributed by atoms with E-state index in [9.17, 15) is 0 Å². The van der Waals surface area contributed by atoms with E-state index in [2.05, 4.69) is 73.7 Å². The fraction of sp³-hybridized carbons (Fsp3) is 0.385. The Balaban J connectivity index is 1.62. The number of benzene rings is 2. The molecule has 0 N–H and O–H groups in total. The summed E-state index contributed by atoms with van der Waals surface area (Å²) in [5.74, 6) is 1.80. The van der Waals surface area contributed by atoms with Crippen LogP contribution in [0, 0.1) is 5.92 Å². The number of hydrogen-bond donors (Lipinski definition) is 0. The van der Waals surface area contributed by atoms with Gasteiger partial charge in [-0.1, -0.05) is 54.6 Å². The normalized spacial score (nSPS) is 16.7. The van der Waals surface area contributed by atoms with E-state index in [1.807, 2.05) is 6.92 Å². The molecule has 1 atom stereocenters. The van der Waals surface area contributed by atoms with Crippen LogP contribution in [0.25, 0.3) is 11.1 Å². The topological polar surface area (TPSA) is 9.23 Å².